The molecule has 0 bridgehead atoms. The Bertz CT molecular complexity index is 1380. The Morgan fingerprint density at radius 2 is 2.06 bits per heavy atom. The second kappa shape index (κ2) is 8.79. The standard InChI is InChI=1S/C25H28N6O4/c1-15(32)30-9-8-18-19(13-30)26-14-27-23(18)34-17-5-6-20-16(11-17)7-10-31(20)24(33)28-22-12-21(35-29-22)25(2,3)4/h5-7,10-12,14-15,32H,8-9,13H2,1-4H3,(H,28,29,33). The van der Waals surface area contributed by atoms with E-state index in [0.29, 0.717) is 42.7 Å². The van der Waals surface area contributed by atoms with Gasteiger partial charge in [-0.25, -0.2) is 14.8 Å². The van der Waals surface area contributed by atoms with Gasteiger partial charge >= 0.3 is 6.03 Å². The number of aromatic nitrogens is 4. The number of anilines is 1. The number of benzene rings is 1. The Morgan fingerprint density at radius 1 is 1.23 bits per heavy atom. The van der Waals surface area contributed by atoms with Gasteiger partial charge in [-0.3, -0.25) is 14.8 Å². The minimum absolute atomic E-state index is 0.202. The molecule has 1 aliphatic heterocycles. The zero-order valence-corrected chi connectivity index (χ0v) is 20.1. The van der Waals surface area contributed by atoms with Gasteiger partial charge in [0.15, 0.2) is 5.82 Å². The maximum atomic E-state index is 12.9. The van der Waals surface area contributed by atoms with Crippen molar-refractivity contribution in [3.63, 3.8) is 0 Å². The summed E-state index contributed by atoms with van der Waals surface area (Å²) in [6, 6.07) is 8.75. The summed E-state index contributed by atoms with van der Waals surface area (Å²) >= 11 is 0. The molecule has 35 heavy (non-hydrogen) atoms. The number of amides is 1. The van der Waals surface area contributed by atoms with Crippen molar-refractivity contribution < 1.29 is 19.2 Å². The molecule has 4 aromatic rings. The van der Waals surface area contributed by atoms with Crippen molar-refractivity contribution in [3.05, 3.63) is 59.9 Å². The van der Waals surface area contributed by atoms with Crippen molar-refractivity contribution in [3.8, 4) is 11.6 Å². The third-order valence-corrected chi connectivity index (χ3v) is 6.10. The molecule has 0 spiro atoms. The van der Waals surface area contributed by atoms with Crippen LogP contribution in [0.25, 0.3) is 10.9 Å². The monoisotopic (exact) mass is 476 g/mol. The molecule has 0 radical (unpaired) electrons. The van der Waals surface area contributed by atoms with Gasteiger partial charge in [0.2, 0.25) is 5.88 Å². The highest BCUT2D eigenvalue weighted by Gasteiger charge is 2.24. The first kappa shape index (κ1) is 23.0. The van der Waals surface area contributed by atoms with Crippen LogP contribution in [0.2, 0.25) is 0 Å². The molecule has 1 atom stereocenters. The maximum absolute atomic E-state index is 12.9. The second-order valence-corrected chi connectivity index (χ2v) is 9.72. The summed E-state index contributed by atoms with van der Waals surface area (Å²) in [4.78, 5) is 23.5. The van der Waals surface area contributed by atoms with E-state index in [0.717, 1.165) is 22.2 Å². The topological polar surface area (TPSA) is 119 Å². The van der Waals surface area contributed by atoms with Crippen molar-refractivity contribution in [2.24, 2.45) is 0 Å². The van der Waals surface area contributed by atoms with E-state index in [9.17, 15) is 9.90 Å². The third kappa shape index (κ3) is 4.62. The molecule has 0 saturated carbocycles. The van der Waals surface area contributed by atoms with Gasteiger partial charge in [0.25, 0.3) is 0 Å². The number of aliphatic hydroxyl groups excluding tert-OH is 1. The highest BCUT2D eigenvalue weighted by atomic mass is 16.5. The van der Waals surface area contributed by atoms with Crippen LogP contribution in [0, 0.1) is 0 Å². The second-order valence-electron chi connectivity index (χ2n) is 9.72. The van der Waals surface area contributed by atoms with Crippen LogP contribution in [0.1, 0.15) is 44.7 Å². The molecular weight excluding hydrogens is 448 g/mol. The van der Waals surface area contributed by atoms with Gasteiger partial charge < -0.3 is 14.4 Å². The number of aliphatic hydroxyl groups is 1. The number of carbonyl (C=O) groups is 1. The average Bonchev–Trinajstić information content (AvgIpc) is 3.46. The molecule has 1 aliphatic rings. The van der Waals surface area contributed by atoms with Gasteiger partial charge in [-0.2, -0.15) is 0 Å². The molecule has 2 N–H and O–H groups in total. The van der Waals surface area contributed by atoms with E-state index in [2.05, 4.69) is 20.4 Å². The molecule has 182 valence electrons. The van der Waals surface area contributed by atoms with Gasteiger partial charge in [-0.1, -0.05) is 25.9 Å². The van der Waals surface area contributed by atoms with E-state index >= 15 is 0 Å². The van der Waals surface area contributed by atoms with Crippen LogP contribution >= 0.6 is 0 Å². The lowest BCUT2D eigenvalue weighted by atomic mass is 9.93. The first-order chi connectivity index (χ1) is 16.7. The van der Waals surface area contributed by atoms with Gasteiger partial charge in [-0.15, -0.1) is 0 Å². The van der Waals surface area contributed by atoms with Crippen molar-refractivity contribution in [1.82, 2.24) is 24.6 Å². The fraction of sp³-hybridized carbons (Fsp3) is 0.360. The SMILES string of the molecule is CC(O)N1CCc2c(ncnc2Oc2ccc3c(ccn3C(=O)Nc3cc(C(C)(C)C)on3)c2)C1. The molecule has 3 aromatic heterocycles. The lowest BCUT2D eigenvalue weighted by Crippen LogP contribution is -2.38. The largest absolute Gasteiger partial charge is 0.439 e. The fourth-order valence-corrected chi connectivity index (χ4v) is 4.08. The first-order valence-electron chi connectivity index (χ1n) is 11.5. The highest BCUT2D eigenvalue weighted by Crippen LogP contribution is 2.31. The average molecular weight is 477 g/mol. The summed E-state index contributed by atoms with van der Waals surface area (Å²) < 4.78 is 13.0. The number of nitrogens with zero attached hydrogens (tertiary/aromatic N) is 5. The lowest BCUT2D eigenvalue weighted by Gasteiger charge is -2.30. The van der Waals surface area contributed by atoms with Crippen LogP contribution in [0.5, 0.6) is 11.6 Å². The van der Waals surface area contributed by atoms with Crippen LogP contribution in [-0.2, 0) is 18.4 Å². The highest BCUT2D eigenvalue weighted by molar-refractivity contribution is 5.98. The molecule has 1 unspecified atom stereocenters. The summed E-state index contributed by atoms with van der Waals surface area (Å²) in [7, 11) is 0. The quantitative estimate of drug-likeness (QED) is 0.448. The lowest BCUT2D eigenvalue weighted by molar-refractivity contribution is 0.00780. The zero-order chi connectivity index (χ0) is 24.7. The van der Waals surface area contributed by atoms with Crippen LogP contribution in [-0.4, -0.2) is 48.5 Å². The van der Waals surface area contributed by atoms with E-state index in [1.807, 2.05) is 43.9 Å². The predicted molar refractivity (Wildman–Crippen MR) is 129 cm³/mol. The zero-order valence-electron chi connectivity index (χ0n) is 20.1. The number of carbonyl (C=O) groups excluding carboxylic acids is 1. The van der Waals surface area contributed by atoms with E-state index in [-0.39, 0.29) is 11.4 Å². The number of hydrogen-bond donors (Lipinski definition) is 2. The summed E-state index contributed by atoms with van der Waals surface area (Å²) in [5.41, 5.74) is 2.33. The molecule has 0 saturated heterocycles. The summed E-state index contributed by atoms with van der Waals surface area (Å²) in [5, 5.41) is 17.5. The molecule has 5 rings (SSSR count). The number of rotatable bonds is 4. The molecule has 1 amide bonds. The Balaban J connectivity index is 1.34. The van der Waals surface area contributed by atoms with Crippen LogP contribution < -0.4 is 10.1 Å². The molecule has 0 aliphatic carbocycles. The van der Waals surface area contributed by atoms with Crippen molar-refractivity contribution >= 4 is 22.8 Å². The van der Waals surface area contributed by atoms with Gasteiger partial charge in [0.05, 0.1) is 11.2 Å². The molecule has 4 heterocycles. The van der Waals surface area contributed by atoms with Crippen molar-refractivity contribution in [2.45, 2.75) is 52.3 Å². The Morgan fingerprint density at radius 3 is 2.80 bits per heavy atom. The van der Waals surface area contributed by atoms with E-state index in [1.165, 1.54) is 10.9 Å². The van der Waals surface area contributed by atoms with E-state index < -0.39 is 6.23 Å². The maximum Gasteiger partial charge on any atom is 0.331 e. The number of nitrogens with one attached hydrogen (secondary N) is 1. The third-order valence-electron chi connectivity index (χ3n) is 6.10. The van der Waals surface area contributed by atoms with Gasteiger partial charge in [-0.05, 0) is 37.6 Å². The van der Waals surface area contributed by atoms with Crippen LogP contribution in [0.3, 0.4) is 0 Å². The Hall–Kier alpha value is -3.76. The minimum Gasteiger partial charge on any atom is -0.439 e. The molecule has 0 fully saturated rings. The Labute approximate surface area is 202 Å². The molecule has 1 aromatic carbocycles. The van der Waals surface area contributed by atoms with Gasteiger partial charge in [0, 0.05) is 41.7 Å². The summed E-state index contributed by atoms with van der Waals surface area (Å²) in [6.45, 7) is 9.04. The normalized spacial score (nSPS) is 15.1. The minimum atomic E-state index is -0.532. The van der Waals surface area contributed by atoms with Crippen molar-refractivity contribution in [2.75, 3.05) is 11.9 Å². The summed E-state index contributed by atoms with van der Waals surface area (Å²) in [6.07, 6.45) is 3.34. The molecule has 10 nitrogen and oxygen atoms in total. The molecule has 10 heteroatoms. The summed E-state index contributed by atoms with van der Waals surface area (Å²) in [5.74, 6) is 2.18. The predicted octanol–water partition coefficient (Wildman–Crippen LogP) is 4.29. The number of fused-ring (bicyclic) bond motifs is 2. The fourth-order valence-electron chi connectivity index (χ4n) is 4.08. The van der Waals surface area contributed by atoms with Gasteiger partial charge in [0.1, 0.15) is 24.1 Å². The van der Waals surface area contributed by atoms with E-state index in [4.69, 9.17) is 9.26 Å². The number of ether oxygens (including phenoxy) is 1. The molecular formula is C25H28N6O4. The van der Waals surface area contributed by atoms with Crippen LogP contribution in [0.4, 0.5) is 10.6 Å². The number of hydrogen-bond acceptors (Lipinski definition) is 8. The van der Waals surface area contributed by atoms with Crippen molar-refractivity contribution in [1.29, 1.82) is 0 Å². The van der Waals surface area contributed by atoms with E-state index in [1.54, 1.807) is 25.3 Å². The Kier molecular flexibility index (Phi) is 5.78. The first-order valence-corrected chi connectivity index (χ1v) is 11.5. The smallest absolute Gasteiger partial charge is 0.331 e. The van der Waals surface area contributed by atoms with Crippen LogP contribution in [0.15, 0.2) is 47.4 Å².